The number of ketones is 1. The molecule has 5 nitrogen and oxygen atoms in total. The van der Waals surface area contributed by atoms with Crippen LogP contribution in [0.1, 0.15) is 43.0 Å². The molecule has 0 spiro atoms. The van der Waals surface area contributed by atoms with Gasteiger partial charge in [0.1, 0.15) is 5.57 Å². The van der Waals surface area contributed by atoms with Gasteiger partial charge in [0.2, 0.25) is 11.6 Å². The summed E-state index contributed by atoms with van der Waals surface area (Å²) in [6.45, 7) is 1.54. The van der Waals surface area contributed by atoms with E-state index < -0.39 is 46.1 Å². The molecule has 1 aromatic rings. The minimum atomic E-state index is -1.55. The Hall–Kier alpha value is -2.51. The van der Waals surface area contributed by atoms with Crippen molar-refractivity contribution >= 4 is 11.8 Å². The molecule has 26 heavy (non-hydrogen) atoms. The summed E-state index contributed by atoms with van der Waals surface area (Å²) in [4.78, 5) is 24.7. The van der Waals surface area contributed by atoms with Gasteiger partial charge in [-0.15, -0.1) is 0 Å². The lowest BCUT2D eigenvalue weighted by molar-refractivity contribution is -0.138. The van der Waals surface area contributed by atoms with E-state index in [4.69, 9.17) is 4.74 Å². The van der Waals surface area contributed by atoms with Crippen LogP contribution in [0.15, 0.2) is 17.8 Å². The van der Waals surface area contributed by atoms with Gasteiger partial charge < -0.3 is 14.8 Å². The number of methoxy groups -OCH3 is 1. The zero-order valence-corrected chi connectivity index (χ0v) is 14.5. The van der Waals surface area contributed by atoms with E-state index in [1.807, 2.05) is 0 Å². The normalized spacial score (nSPS) is 15.0. The first kappa shape index (κ1) is 19.8. The summed E-state index contributed by atoms with van der Waals surface area (Å²) < 4.78 is 50.9. The summed E-state index contributed by atoms with van der Waals surface area (Å²) in [5.74, 6) is -7.52. The van der Waals surface area contributed by atoms with Gasteiger partial charge in [0, 0.05) is 12.2 Å². The van der Waals surface area contributed by atoms with Crippen LogP contribution in [0.4, 0.5) is 13.2 Å². The van der Waals surface area contributed by atoms with Crippen molar-refractivity contribution in [2.45, 2.75) is 38.6 Å². The lowest BCUT2D eigenvalue weighted by atomic mass is 10.0. The molecule has 142 valence electrons. The van der Waals surface area contributed by atoms with Gasteiger partial charge in [-0.25, -0.2) is 13.6 Å². The van der Waals surface area contributed by atoms with Gasteiger partial charge in [0.05, 0.1) is 19.3 Å². The van der Waals surface area contributed by atoms with Crippen molar-refractivity contribution in [2.24, 2.45) is 0 Å². The largest absolute Gasteiger partial charge is 0.491 e. The summed E-state index contributed by atoms with van der Waals surface area (Å²) >= 11 is 0. The fourth-order valence-corrected chi connectivity index (χ4v) is 2.79. The molecule has 1 fully saturated rings. The second-order valence-electron chi connectivity index (χ2n) is 5.82. The number of esters is 1. The van der Waals surface area contributed by atoms with Crippen molar-refractivity contribution in [3.8, 4) is 5.75 Å². The third-order valence-corrected chi connectivity index (χ3v) is 4.12. The highest BCUT2D eigenvalue weighted by Gasteiger charge is 2.29. The second-order valence-corrected chi connectivity index (χ2v) is 5.82. The Labute approximate surface area is 149 Å². The van der Waals surface area contributed by atoms with Crippen molar-refractivity contribution in [3.05, 3.63) is 40.9 Å². The number of rotatable bonds is 7. The topological polar surface area (TPSA) is 64.6 Å². The van der Waals surface area contributed by atoms with Crippen LogP contribution in [0.25, 0.3) is 0 Å². The Kier molecular flexibility index (Phi) is 6.65. The predicted octanol–water partition coefficient (Wildman–Crippen LogP) is 3.27. The SMILES string of the molecule is CCOC(=O)C(=CNC1CCCC1)C(=O)c1cc(F)c(F)c(OC)c1F. The number of Topliss-reactive ketones (excluding diaryl/α,β-unsaturated/α-hetero) is 1. The third kappa shape index (κ3) is 4.17. The Morgan fingerprint density at radius 2 is 1.88 bits per heavy atom. The van der Waals surface area contributed by atoms with E-state index in [0.29, 0.717) is 6.07 Å². The predicted molar refractivity (Wildman–Crippen MR) is 87.3 cm³/mol. The van der Waals surface area contributed by atoms with Crippen molar-refractivity contribution in [2.75, 3.05) is 13.7 Å². The van der Waals surface area contributed by atoms with Crippen molar-refractivity contribution < 1.29 is 32.2 Å². The summed E-state index contributed by atoms with van der Waals surface area (Å²) in [7, 11) is 0.943. The number of carbonyl (C=O) groups excluding carboxylic acids is 2. The first-order valence-corrected chi connectivity index (χ1v) is 8.30. The number of hydrogen-bond donors (Lipinski definition) is 1. The average molecular weight is 371 g/mol. The molecule has 1 N–H and O–H groups in total. The molecule has 0 bridgehead atoms. The minimum Gasteiger partial charge on any atom is -0.491 e. The van der Waals surface area contributed by atoms with Crippen molar-refractivity contribution in [1.82, 2.24) is 5.32 Å². The van der Waals surface area contributed by atoms with Crippen LogP contribution in [0, 0.1) is 17.5 Å². The standard InChI is InChI=1S/C18H20F3NO4/c1-3-26-18(24)12(9-22-10-6-4-5-7-10)16(23)11-8-13(19)15(21)17(25-2)14(11)20/h8-10,22H,3-7H2,1-2H3. The van der Waals surface area contributed by atoms with Gasteiger partial charge in [-0.1, -0.05) is 12.8 Å². The van der Waals surface area contributed by atoms with Gasteiger partial charge in [0.15, 0.2) is 17.4 Å². The molecule has 8 heteroatoms. The fourth-order valence-electron chi connectivity index (χ4n) is 2.79. The smallest absolute Gasteiger partial charge is 0.343 e. The average Bonchev–Trinajstić information content (AvgIpc) is 3.12. The molecule has 2 rings (SSSR count). The number of carbonyl (C=O) groups is 2. The minimum absolute atomic E-state index is 0.00351. The summed E-state index contributed by atoms with van der Waals surface area (Å²) in [6.07, 6.45) is 4.93. The van der Waals surface area contributed by atoms with E-state index in [-0.39, 0.29) is 12.6 Å². The zero-order valence-electron chi connectivity index (χ0n) is 14.5. The lowest BCUT2D eigenvalue weighted by Crippen LogP contribution is -2.25. The maximum atomic E-state index is 14.4. The second kappa shape index (κ2) is 8.73. The molecule has 0 aliphatic heterocycles. The van der Waals surface area contributed by atoms with E-state index >= 15 is 0 Å². The number of hydrogen-bond acceptors (Lipinski definition) is 5. The molecular weight excluding hydrogens is 351 g/mol. The van der Waals surface area contributed by atoms with E-state index in [1.54, 1.807) is 6.92 Å². The van der Waals surface area contributed by atoms with Gasteiger partial charge in [0.25, 0.3) is 0 Å². The monoisotopic (exact) mass is 371 g/mol. The molecule has 0 radical (unpaired) electrons. The van der Waals surface area contributed by atoms with Crippen LogP contribution < -0.4 is 10.1 Å². The highest BCUT2D eigenvalue weighted by atomic mass is 19.2. The quantitative estimate of drug-likeness (QED) is 0.199. The Bertz CT molecular complexity index is 728. The molecule has 1 aliphatic carbocycles. The van der Waals surface area contributed by atoms with Gasteiger partial charge >= 0.3 is 5.97 Å². The van der Waals surface area contributed by atoms with Crippen LogP contribution in [0.3, 0.4) is 0 Å². The summed E-state index contributed by atoms with van der Waals surface area (Å²) in [6, 6.07) is 0.481. The first-order valence-electron chi connectivity index (χ1n) is 8.30. The third-order valence-electron chi connectivity index (χ3n) is 4.12. The van der Waals surface area contributed by atoms with Crippen LogP contribution in [-0.2, 0) is 9.53 Å². The molecule has 0 aromatic heterocycles. The highest BCUT2D eigenvalue weighted by molar-refractivity contribution is 6.24. The van der Waals surface area contributed by atoms with Crippen molar-refractivity contribution in [3.63, 3.8) is 0 Å². The molecule has 0 atom stereocenters. The van der Waals surface area contributed by atoms with Gasteiger partial charge in [-0.3, -0.25) is 4.79 Å². The molecule has 1 saturated carbocycles. The lowest BCUT2D eigenvalue weighted by Gasteiger charge is -2.13. The molecule has 0 saturated heterocycles. The molecule has 1 aromatic carbocycles. The van der Waals surface area contributed by atoms with Gasteiger partial charge in [-0.2, -0.15) is 4.39 Å². The Morgan fingerprint density at radius 1 is 1.23 bits per heavy atom. The van der Waals surface area contributed by atoms with Gasteiger partial charge in [-0.05, 0) is 25.8 Å². The van der Waals surface area contributed by atoms with Crippen LogP contribution in [0.2, 0.25) is 0 Å². The molecule has 0 amide bonds. The van der Waals surface area contributed by atoms with E-state index in [2.05, 4.69) is 10.1 Å². The van der Waals surface area contributed by atoms with Crippen molar-refractivity contribution in [1.29, 1.82) is 0 Å². The zero-order chi connectivity index (χ0) is 19.3. The number of ether oxygens (including phenoxy) is 2. The number of nitrogens with one attached hydrogen (secondary N) is 1. The molecule has 1 aliphatic rings. The summed E-state index contributed by atoms with van der Waals surface area (Å²) in [5, 5.41) is 2.94. The molecule has 0 heterocycles. The Morgan fingerprint density at radius 3 is 2.46 bits per heavy atom. The van der Waals surface area contributed by atoms with E-state index in [0.717, 1.165) is 39.0 Å². The number of benzene rings is 1. The van der Waals surface area contributed by atoms with Crippen LogP contribution >= 0.6 is 0 Å². The molecular formula is C18H20F3NO4. The fraction of sp³-hybridized carbons (Fsp3) is 0.444. The van der Waals surface area contributed by atoms with E-state index in [1.165, 1.54) is 0 Å². The van der Waals surface area contributed by atoms with Crippen LogP contribution in [-0.4, -0.2) is 31.5 Å². The summed E-state index contributed by atoms with van der Waals surface area (Å²) in [5.41, 5.74) is -1.31. The van der Waals surface area contributed by atoms with Crippen LogP contribution in [0.5, 0.6) is 5.75 Å². The maximum Gasteiger partial charge on any atom is 0.343 e. The number of halogens is 3. The maximum absolute atomic E-state index is 14.4. The Balaban J connectivity index is 2.41. The van der Waals surface area contributed by atoms with E-state index in [9.17, 15) is 22.8 Å². The molecule has 0 unspecified atom stereocenters. The first-order chi connectivity index (χ1) is 12.4. The highest BCUT2D eigenvalue weighted by Crippen LogP contribution is 2.28.